The van der Waals surface area contributed by atoms with Crippen LogP contribution in [0.15, 0.2) is 87.9 Å². The quantitative estimate of drug-likeness (QED) is 0.0193. The zero-order valence-corrected chi connectivity index (χ0v) is 84.3. The second kappa shape index (κ2) is 50.9. The van der Waals surface area contributed by atoms with Crippen molar-refractivity contribution in [1.82, 2.24) is 30.0 Å². The van der Waals surface area contributed by atoms with Gasteiger partial charge in [0.05, 0.1) is 88.0 Å². The number of hydrogen-bond acceptors (Lipinski definition) is 27. The number of nitrogens with zero attached hydrogens (tertiary/aromatic N) is 7. The van der Waals surface area contributed by atoms with E-state index in [4.69, 9.17) is 61.3 Å². The molecule has 0 atom stereocenters. The highest BCUT2D eigenvalue weighted by Gasteiger charge is 2.35. The van der Waals surface area contributed by atoms with Crippen molar-refractivity contribution < 1.29 is 84.6 Å². The number of aromatic carboxylic acids is 1. The van der Waals surface area contributed by atoms with Gasteiger partial charge in [-0.25, -0.2) is 14.4 Å². The maximum atomic E-state index is 14.0. The van der Waals surface area contributed by atoms with Gasteiger partial charge >= 0.3 is 17.9 Å². The SMILES string of the molecule is CCc1c(N(CC)C2CCOCC2)cc2oc(C=O)cc2c1C(=O)OC.CCc1c(N(CC)C2CCOCC2)cc2oc(CN3CCCC3)cc2c1C(=O)NCc1c(OC)cc(C)[nH]c1=O.CCc1c(N(CC)C2CCOCC2)cc2oc(CN3CCCC3)cc2c1C(=O)O.CCc1c(N(CC)C2CCOCC2)cc2oc(CN3CCCC3)cc2c1C(=O)OC.COc1cc(C)[nH]c(=O)c1CN.Cl. The van der Waals surface area contributed by atoms with Crippen LogP contribution < -0.4 is 51.2 Å². The van der Waals surface area contributed by atoms with Crippen LogP contribution in [0, 0.1) is 13.8 Å². The summed E-state index contributed by atoms with van der Waals surface area (Å²) in [6.45, 7) is 38.9. The lowest BCUT2D eigenvalue weighted by Crippen LogP contribution is -2.40. The molecule has 752 valence electrons. The predicted octanol–water partition coefficient (Wildman–Crippen LogP) is 17.4. The first-order valence-electron chi connectivity index (χ1n) is 49.8. The van der Waals surface area contributed by atoms with Gasteiger partial charge in [-0.15, -0.1) is 12.4 Å². The summed E-state index contributed by atoms with van der Waals surface area (Å²) in [7, 11) is 5.89. The summed E-state index contributed by atoms with van der Waals surface area (Å²) in [5.41, 5.74) is 20.2. The van der Waals surface area contributed by atoms with Crippen molar-refractivity contribution in [3.63, 3.8) is 0 Å². The van der Waals surface area contributed by atoms with Crippen molar-refractivity contribution in [3.8, 4) is 11.5 Å². The zero-order chi connectivity index (χ0) is 97.5. The number of nitrogens with one attached hydrogen (secondary N) is 3. The molecule has 7 aliphatic rings. The second-order valence-electron chi connectivity index (χ2n) is 36.3. The highest BCUT2D eigenvalue weighted by atomic mass is 35.5. The number of carbonyl (C=O) groups is 5. The van der Waals surface area contributed by atoms with Gasteiger partial charge in [0.2, 0.25) is 0 Å². The monoisotopic (exact) mass is 1930 g/mol. The van der Waals surface area contributed by atoms with Gasteiger partial charge in [0, 0.05) is 190 Å². The van der Waals surface area contributed by atoms with E-state index in [-0.39, 0.29) is 54.3 Å². The lowest BCUT2D eigenvalue weighted by Gasteiger charge is -2.37. The van der Waals surface area contributed by atoms with Crippen LogP contribution in [0.2, 0.25) is 0 Å². The average molecular weight is 1930 g/mol. The van der Waals surface area contributed by atoms with E-state index in [0.29, 0.717) is 117 Å². The number of pyridine rings is 2. The first-order valence-corrected chi connectivity index (χ1v) is 49.8. The number of halogens is 1. The number of amides is 1. The van der Waals surface area contributed by atoms with E-state index in [2.05, 4.69) is 109 Å². The summed E-state index contributed by atoms with van der Waals surface area (Å²) in [6.07, 6.45) is 18.5. The summed E-state index contributed by atoms with van der Waals surface area (Å²) in [5, 5.41) is 16.2. The van der Waals surface area contributed by atoms with Crippen LogP contribution in [0.25, 0.3) is 43.9 Å². The Morgan fingerprint density at radius 3 is 1.03 bits per heavy atom. The fraction of sp³-hybridized carbons (Fsp3) is 0.557. The fourth-order valence-electron chi connectivity index (χ4n) is 21.3. The third kappa shape index (κ3) is 24.8. The molecule has 10 aromatic rings. The maximum Gasteiger partial charge on any atom is 0.338 e. The van der Waals surface area contributed by atoms with Crippen LogP contribution in [-0.4, -0.2) is 231 Å². The highest BCUT2D eigenvalue weighted by molar-refractivity contribution is 6.11. The van der Waals surface area contributed by atoms with Gasteiger partial charge in [-0.3, -0.25) is 33.9 Å². The van der Waals surface area contributed by atoms with Gasteiger partial charge in [0.1, 0.15) is 51.1 Å². The molecule has 138 heavy (non-hydrogen) atoms. The Hall–Kier alpha value is -10.7. The van der Waals surface area contributed by atoms with Crippen molar-refractivity contribution in [2.75, 3.05) is 166 Å². The number of furan rings is 4. The minimum atomic E-state index is -0.870. The van der Waals surface area contributed by atoms with Crippen LogP contribution >= 0.6 is 12.4 Å². The fourth-order valence-corrected chi connectivity index (χ4v) is 21.3. The Labute approximate surface area is 816 Å². The molecular formula is C106H146ClN11O20. The number of carbonyl (C=O) groups excluding carboxylic acids is 4. The Kier molecular flexibility index (Phi) is 39.2. The molecule has 0 bridgehead atoms. The van der Waals surface area contributed by atoms with Crippen LogP contribution in [-0.2, 0) is 86.8 Å². The smallest absolute Gasteiger partial charge is 0.338 e. The third-order valence-corrected chi connectivity index (χ3v) is 27.9. The van der Waals surface area contributed by atoms with E-state index in [9.17, 15) is 38.7 Å². The Morgan fingerprint density at radius 1 is 0.428 bits per heavy atom. The number of H-pyrrole nitrogens is 2. The van der Waals surface area contributed by atoms with Crippen LogP contribution in [0.3, 0.4) is 0 Å². The number of benzene rings is 4. The third-order valence-electron chi connectivity index (χ3n) is 27.9. The molecule has 0 radical (unpaired) electrons. The molecule has 32 heteroatoms. The van der Waals surface area contributed by atoms with Crippen molar-refractivity contribution in [2.24, 2.45) is 5.73 Å². The van der Waals surface area contributed by atoms with E-state index >= 15 is 0 Å². The minimum Gasteiger partial charge on any atom is -0.496 e. The number of hydrogen-bond donors (Lipinski definition) is 5. The Morgan fingerprint density at radius 2 is 0.725 bits per heavy atom. The van der Waals surface area contributed by atoms with Crippen LogP contribution in [0.1, 0.15) is 259 Å². The van der Waals surface area contributed by atoms with Gasteiger partial charge < -0.3 is 101 Å². The molecule has 6 N–H and O–H groups in total. The molecule has 0 spiro atoms. The molecular weight excluding hydrogens is 1780 g/mol. The first kappa shape index (κ1) is 106. The lowest BCUT2D eigenvalue weighted by atomic mass is 9.95. The minimum absolute atomic E-state index is 0. The number of anilines is 4. The number of aldehydes is 1. The van der Waals surface area contributed by atoms with Gasteiger partial charge in [0.25, 0.3) is 17.0 Å². The highest BCUT2D eigenvalue weighted by Crippen LogP contribution is 2.43. The zero-order valence-electron chi connectivity index (χ0n) is 83.5. The van der Waals surface area contributed by atoms with Crippen LogP contribution in [0.5, 0.6) is 11.5 Å². The average Bonchev–Trinajstić information content (AvgIpc) is 1.57. The predicted molar refractivity (Wildman–Crippen MR) is 541 cm³/mol. The number of ether oxygens (including phenoxy) is 8. The molecule has 17 rings (SSSR count). The molecule has 7 aliphatic heterocycles. The van der Waals surface area contributed by atoms with Gasteiger partial charge in [0.15, 0.2) is 12.0 Å². The molecule has 0 saturated carbocycles. The number of nitrogens with two attached hydrogens (primary N) is 1. The number of likely N-dealkylation sites (tertiary alicyclic amines) is 3. The van der Waals surface area contributed by atoms with Crippen molar-refractivity contribution in [3.05, 3.63) is 171 Å². The molecule has 7 fully saturated rings. The van der Waals surface area contributed by atoms with E-state index in [1.54, 1.807) is 32.0 Å². The number of methoxy groups -OCH3 is 4. The number of aryl methyl sites for hydroxylation is 2. The topological polar surface area (TPSA) is 358 Å². The van der Waals surface area contributed by atoms with E-state index in [1.165, 1.54) is 67.0 Å². The summed E-state index contributed by atoms with van der Waals surface area (Å²) in [6, 6.07) is 21.0. The number of aromatic nitrogens is 2. The summed E-state index contributed by atoms with van der Waals surface area (Å²) >= 11 is 0. The molecule has 13 heterocycles. The van der Waals surface area contributed by atoms with E-state index in [0.717, 1.165) is 291 Å². The van der Waals surface area contributed by atoms with Gasteiger partial charge in [-0.1, -0.05) is 27.7 Å². The molecule has 1 amide bonds. The Bertz CT molecular complexity index is 5870. The van der Waals surface area contributed by atoms with Crippen molar-refractivity contribution in [1.29, 1.82) is 0 Å². The summed E-state index contributed by atoms with van der Waals surface area (Å²) < 4.78 is 67.5. The van der Waals surface area contributed by atoms with Gasteiger partial charge in [-0.05, 0) is 255 Å². The summed E-state index contributed by atoms with van der Waals surface area (Å²) in [5.74, 6) is 2.10. The molecule has 0 unspecified atom stereocenters. The number of fused-ring (bicyclic) bond motifs is 4. The summed E-state index contributed by atoms with van der Waals surface area (Å²) in [4.78, 5) is 109. The number of rotatable bonds is 32. The normalized spacial score (nSPS) is 16.4. The molecule has 4 aromatic carbocycles. The standard InChI is InChI=1S/C31H42N4O5.C24H34N2O4.C23H32N2O4.C20H25NO5.C8H12N2O2.ClH/c1-5-23-26(35(6-2)21-9-13-39-14-10-21)17-28-24(16-22(40-28)19-34-11-7-8-12-34)29(23)31(37)32-18-25-27(38-4)15-20(3)33-30(25)36;1-4-19-21(26(5-2)17-8-12-29-13-9-17)15-22-20(23(19)24(27)28-3)14-18(30-22)16-25-10-6-7-11-25;1-3-18-20(25(4-2)16-7-11-28-12-8-16)14-21-19(22(18)23(26)27)13-17(29-21)15-24-9-5-6-10-24;1-4-15-17(21(5-2)13-6-8-25-9-7-13)11-18-16(10-14(12-22)26-18)19(15)20(23)24-3;1-5-3-7(12-2)6(4-9)8(11)10-5;/h15-17,21H,5-14,18-19H2,1-4H3,(H,32,37)(H,33,36);14-15,17H,4-13,16H2,1-3H3;13-14,16H,3-12,15H2,1-2H3,(H,26,27);10-13H,4-9H2,1-3H3;3H,4,9H2,1-2H3,(H,10,11);1H. The molecule has 6 aromatic heterocycles. The maximum absolute atomic E-state index is 14.0. The van der Waals surface area contributed by atoms with Crippen molar-refractivity contribution in [2.45, 2.75) is 242 Å². The number of carboxylic acids is 1. The van der Waals surface area contributed by atoms with Crippen molar-refractivity contribution >= 4 is 109 Å². The number of esters is 2. The van der Waals surface area contributed by atoms with E-state index < -0.39 is 11.9 Å². The molecule has 7 saturated heterocycles. The Balaban J connectivity index is 0.000000160. The number of carboxylic acid groups (broad SMARTS) is 1. The van der Waals surface area contributed by atoms with Gasteiger partial charge in [-0.2, -0.15) is 0 Å². The van der Waals surface area contributed by atoms with E-state index in [1.807, 2.05) is 38.1 Å². The lowest BCUT2D eigenvalue weighted by molar-refractivity contribution is 0.0592. The molecule has 0 aliphatic carbocycles. The second-order valence-corrected chi connectivity index (χ2v) is 36.3. The first-order chi connectivity index (χ1) is 66.5. The van der Waals surface area contributed by atoms with Crippen LogP contribution in [0.4, 0.5) is 22.7 Å². The largest absolute Gasteiger partial charge is 0.496 e. The number of aromatic amines is 2. The molecule has 31 nitrogen and oxygen atoms in total.